The molecule has 0 aliphatic carbocycles. The second-order valence-electron chi connectivity index (χ2n) is 1.63. The van der Waals surface area contributed by atoms with E-state index in [1.165, 1.54) is 0 Å². The molecule has 0 rings (SSSR count). The zero-order valence-electron chi connectivity index (χ0n) is 5.39. The van der Waals surface area contributed by atoms with Gasteiger partial charge in [0.2, 0.25) is 11.3 Å². The van der Waals surface area contributed by atoms with Crippen LogP contribution in [-0.2, 0) is 11.3 Å². The molecule has 0 amide bonds. The highest BCUT2D eigenvalue weighted by Crippen LogP contribution is 1.79. The summed E-state index contributed by atoms with van der Waals surface area (Å²) in [6.07, 6.45) is 2.08. The van der Waals surface area contributed by atoms with Crippen LogP contribution in [0.15, 0.2) is 0 Å². The van der Waals surface area contributed by atoms with Crippen LogP contribution in [-0.4, -0.2) is 15.3 Å². The number of nitrogens with one attached hydrogen (secondary N) is 2. The normalized spacial score (nSPS) is 13.6. The third-order valence-corrected chi connectivity index (χ3v) is 1.13. The van der Waals surface area contributed by atoms with Gasteiger partial charge in [0.25, 0.3) is 0 Å². The Morgan fingerprint density at radius 3 is 2.78 bits per heavy atom. The smallest absolute Gasteiger partial charge is 0.245 e. The molecule has 0 aliphatic rings. The van der Waals surface area contributed by atoms with Crippen molar-refractivity contribution in [2.75, 3.05) is 6.54 Å². The van der Waals surface area contributed by atoms with Gasteiger partial charge in [-0.3, -0.25) is 4.55 Å². The lowest BCUT2D eigenvalue weighted by Gasteiger charge is -1.99. The number of rotatable bonds is 5. The fourth-order valence-electron chi connectivity index (χ4n) is 0.378. The van der Waals surface area contributed by atoms with Crippen molar-refractivity contribution in [3.05, 3.63) is 0 Å². The van der Waals surface area contributed by atoms with E-state index in [1.54, 1.807) is 0 Å². The van der Waals surface area contributed by atoms with Gasteiger partial charge in [0, 0.05) is 6.54 Å². The Morgan fingerprint density at radius 1 is 1.67 bits per heavy atom. The third-order valence-electron chi connectivity index (χ3n) is 0.815. The highest BCUT2D eigenvalue weighted by molar-refractivity contribution is 7.77. The van der Waals surface area contributed by atoms with Crippen molar-refractivity contribution in [2.45, 2.75) is 19.8 Å². The Labute approximate surface area is 57.4 Å². The minimum absolute atomic E-state index is 0.725. The van der Waals surface area contributed by atoms with E-state index in [2.05, 4.69) is 17.2 Å². The maximum absolute atomic E-state index is 9.90. The minimum Gasteiger partial charge on any atom is -0.293 e. The van der Waals surface area contributed by atoms with Crippen LogP contribution in [0.4, 0.5) is 0 Å². The fraction of sp³-hybridized carbons (Fsp3) is 1.00. The number of hydrazine groups is 1. The average molecular weight is 152 g/mol. The van der Waals surface area contributed by atoms with Crippen molar-refractivity contribution in [3.63, 3.8) is 0 Å². The summed E-state index contributed by atoms with van der Waals surface area (Å²) in [6, 6.07) is 0. The van der Waals surface area contributed by atoms with E-state index in [4.69, 9.17) is 4.55 Å². The van der Waals surface area contributed by atoms with Crippen molar-refractivity contribution in [3.8, 4) is 0 Å². The topological polar surface area (TPSA) is 61.4 Å². The Hall–Kier alpha value is 0.0300. The van der Waals surface area contributed by atoms with Gasteiger partial charge in [-0.1, -0.05) is 13.3 Å². The van der Waals surface area contributed by atoms with Gasteiger partial charge in [-0.05, 0) is 6.42 Å². The van der Waals surface area contributed by atoms with E-state index >= 15 is 0 Å². The van der Waals surface area contributed by atoms with Gasteiger partial charge in [0.05, 0.1) is 0 Å². The lowest BCUT2D eigenvalue weighted by molar-refractivity contribution is 0.521. The van der Waals surface area contributed by atoms with Crippen LogP contribution in [0.3, 0.4) is 0 Å². The molecule has 56 valence electrons. The monoisotopic (exact) mass is 152 g/mol. The molecule has 1 atom stereocenters. The Kier molecular flexibility index (Phi) is 6.18. The first-order valence-electron chi connectivity index (χ1n) is 2.86. The van der Waals surface area contributed by atoms with Crippen molar-refractivity contribution in [2.24, 2.45) is 0 Å². The van der Waals surface area contributed by atoms with E-state index in [9.17, 15) is 4.21 Å². The molecular formula is C4H12N2O2S. The van der Waals surface area contributed by atoms with Gasteiger partial charge in [0.1, 0.15) is 0 Å². The van der Waals surface area contributed by atoms with Crippen molar-refractivity contribution in [1.82, 2.24) is 10.3 Å². The van der Waals surface area contributed by atoms with E-state index in [0.29, 0.717) is 0 Å². The summed E-state index contributed by atoms with van der Waals surface area (Å²) < 4.78 is 18.1. The number of hydrogen-bond acceptors (Lipinski definition) is 2. The van der Waals surface area contributed by atoms with Gasteiger partial charge < -0.3 is 0 Å². The molecule has 9 heavy (non-hydrogen) atoms. The van der Waals surface area contributed by atoms with Crippen LogP contribution in [0.2, 0.25) is 0 Å². The number of hydrogen-bond donors (Lipinski definition) is 3. The predicted molar refractivity (Wildman–Crippen MR) is 36.8 cm³/mol. The largest absolute Gasteiger partial charge is 0.293 e. The molecule has 0 saturated carbocycles. The lowest BCUT2D eigenvalue weighted by Crippen LogP contribution is -2.33. The summed E-state index contributed by atoms with van der Waals surface area (Å²) in [6.45, 7) is 2.78. The van der Waals surface area contributed by atoms with Crippen LogP contribution in [0.25, 0.3) is 0 Å². The summed E-state index contributed by atoms with van der Waals surface area (Å²) in [5.41, 5.74) is 2.59. The van der Waals surface area contributed by atoms with Crippen molar-refractivity contribution >= 4 is 11.3 Å². The molecule has 0 aromatic rings. The Morgan fingerprint density at radius 2 is 2.33 bits per heavy atom. The fourth-order valence-corrected chi connectivity index (χ4v) is 0.603. The molecule has 0 fully saturated rings. The first-order valence-corrected chi connectivity index (χ1v) is 3.97. The molecule has 0 spiro atoms. The van der Waals surface area contributed by atoms with E-state index in [-0.39, 0.29) is 0 Å². The number of unbranched alkanes of at least 4 members (excludes halogenated alkanes) is 1. The maximum Gasteiger partial charge on any atom is 0.245 e. The summed E-state index contributed by atoms with van der Waals surface area (Å²) in [5.74, 6) is 0. The van der Waals surface area contributed by atoms with Crippen LogP contribution in [0.5, 0.6) is 0 Å². The molecule has 0 saturated heterocycles. The lowest BCUT2D eigenvalue weighted by atomic mass is 10.3. The van der Waals surface area contributed by atoms with Gasteiger partial charge >= 0.3 is 0 Å². The Bertz CT molecular complexity index is 88.6. The molecule has 0 aromatic carbocycles. The summed E-state index contributed by atoms with van der Waals surface area (Å²) in [7, 11) is 0. The average Bonchev–Trinajstić information content (AvgIpc) is 1.80. The molecular weight excluding hydrogens is 140 g/mol. The van der Waals surface area contributed by atoms with E-state index < -0.39 is 11.3 Å². The SMILES string of the molecule is CCCCNNS(=O)O. The molecule has 0 bridgehead atoms. The maximum atomic E-state index is 9.90. The molecule has 5 heteroatoms. The highest BCUT2D eigenvalue weighted by Gasteiger charge is 1.86. The van der Waals surface area contributed by atoms with Crippen LogP contribution >= 0.6 is 0 Å². The molecule has 0 heterocycles. The van der Waals surface area contributed by atoms with Crippen LogP contribution in [0, 0.1) is 0 Å². The Balaban J connectivity index is 2.83. The van der Waals surface area contributed by atoms with Gasteiger partial charge in [-0.25, -0.2) is 9.63 Å². The van der Waals surface area contributed by atoms with Gasteiger partial charge in [0.15, 0.2) is 0 Å². The quantitative estimate of drug-likeness (QED) is 0.295. The molecule has 0 radical (unpaired) electrons. The van der Waals surface area contributed by atoms with E-state index in [0.717, 1.165) is 19.4 Å². The zero-order chi connectivity index (χ0) is 7.11. The molecule has 1 unspecified atom stereocenters. The van der Waals surface area contributed by atoms with Gasteiger partial charge in [-0.15, -0.1) is 0 Å². The molecule has 3 N–H and O–H groups in total. The third kappa shape index (κ3) is 8.03. The summed E-state index contributed by atoms with van der Waals surface area (Å²) in [4.78, 5) is 2.16. The molecule has 0 aliphatic heterocycles. The summed E-state index contributed by atoms with van der Waals surface area (Å²) >= 11 is -1.93. The van der Waals surface area contributed by atoms with Crippen LogP contribution < -0.4 is 10.3 Å². The first-order chi connectivity index (χ1) is 4.27. The van der Waals surface area contributed by atoms with Crippen molar-refractivity contribution in [1.29, 1.82) is 0 Å². The second-order valence-corrected chi connectivity index (χ2v) is 2.33. The van der Waals surface area contributed by atoms with Crippen molar-refractivity contribution < 1.29 is 8.76 Å². The first kappa shape index (κ1) is 9.03. The molecule has 4 nitrogen and oxygen atoms in total. The van der Waals surface area contributed by atoms with Gasteiger partial charge in [-0.2, -0.15) is 4.83 Å². The highest BCUT2D eigenvalue weighted by atomic mass is 32.2. The molecule has 0 aromatic heterocycles. The van der Waals surface area contributed by atoms with Crippen LogP contribution in [0.1, 0.15) is 19.8 Å². The predicted octanol–water partition coefficient (Wildman–Crippen LogP) is 0.0174. The second kappa shape index (κ2) is 6.15. The standard InChI is InChI=1S/C4H12N2O2S/c1-2-3-4-5-6-9(7)8/h5-6H,2-4H2,1H3,(H,7,8). The summed E-state index contributed by atoms with van der Waals surface area (Å²) in [5, 5.41) is 0. The van der Waals surface area contributed by atoms with E-state index in [1.807, 2.05) is 0 Å². The minimum atomic E-state index is -1.93. The zero-order valence-corrected chi connectivity index (χ0v) is 6.20.